The van der Waals surface area contributed by atoms with E-state index in [-0.39, 0.29) is 0 Å². The van der Waals surface area contributed by atoms with Crippen LogP contribution < -0.4 is 10.1 Å². The molecule has 1 N–H and O–H groups in total. The zero-order chi connectivity index (χ0) is 14.8. The standard InChI is InChI=1S/C17H24BrNO2/c1-3-19-15(13-10-12-5-7-16(13)21-12)9-11-4-6-17(20-2)14(18)8-11/h4,6,8,12-13,15-16,19H,3,5,7,9-10H2,1-2H3. The molecule has 2 bridgehead atoms. The average molecular weight is 354 g/mol. The monoisotopic (exact) mass is 353 g/mol. The number of nitrogens with one attached hydrogen (secondary N) is 1. The van der Waals surface area contributed by atoms with Gasteiger partial charge >= 0.3 is 0 Å². The number of methoxy groups -OCH3 is 1. The van der Waals surface area contributed by atoms with Gasteiger partial charge < -0.3 is 14.8 Å². The van der Waals surface area contributed by atoms with Gasteiger partial charge in [-0.1, -0.05) is 13.0 Å². The van der Waals surface area contributed by atoms with Gasteiger partial charge in [0.2, 0.25) is 0 Å². The van der Waals surface area contributed by atoms with Crippen molar-refractivity contribution >= 4 is 15.9 Å². The predicted molar refractivity (Wildman–Crippen MR) is 87.9 cm³/mol. The maximum Gasteiger partial charge on any atom is 0.133 e. The molecule has 1 aromatic carbocycles. The lowest BCUT2D eigenvalue weighted by atomic mass is 9.81. The van der Waals surface area contributed by atoms with E-state index < -0.39 is 0 Å². The summed E-state index contributed by atoms with van der Waals surface area (Å²) >= 11 is 3.58. The molecule has 2 fully saturated rings. The van der Waals surface area contributed by atoms with E-state index in [1.54, 1.807) is 7.11 Å². The molecule has 0 saturated carbocycles. The second kappa shape index (κ2) is 6.67. The molecule has 21 heavy (non-hydrogen) atoms. The van der Waals surface area contributed by atoms with Gasteiger partial charge in [-0.2, -0.15) is 0 Å². The van der Waals surface area contributed by atoms with Gasteiger partial charge in [0.1, 0.15) is 5.75 Å². The summed E-state index contributed by atoms with van der Waals surface area (Å²) in [5.74, 6) is 1.55. The summed E-state index contributed by atoms with van der Waals surface area (Å²) in [4.78, 5) is 0. The molecule has 4 unspecified atom stereocenters. The lowest BCUT2D eigenvalue weighted by molar-refractivity contribution is 0.0858. The van der Waals surface area contributed by atoms with Gasteiger partial charge in [0.25, 0.3) is 0 Å². The first-order valence-corrected chi connectivity index (χ1v) is 8.71. The molecule has 4 heteroatoms. The Labute approximate surface area is 135 Å². The van der Waals surface area contributed by atoms with Crippen molar-refractivity contribution in [1.82, 2.24) is 5.32 Å². The molecule has 2 aliphatic rings. The van der Waals surface area contributed by atoms with Crippen molar-refractivity contribution < 1.29 is 9.47 Å². The number of halogens is 1. The van der Waals surface area contributed by atoms with Crippen LogP contribution >= 0.6 is 15.9 Å². The summed E-state index contributed by atoms with van der Waals surface area (Å²) in [5.41, 5.74) is 1.34. The fourth-order valence-electron chi connectivity index (χ4n) is 3.83. The Hall–Kier alpha value is -0.580. The number of ether oxygens (including phenoxy) is 2. The molecule has 0 aromatic heterocycles. The van der Waals surface area contributed by atoms with Crippen molar-refractivity contribution in [2.24, 2.45) is 5.92 Å². The van der Waals surface area contributed by atoms with Gasteiger partial charge in [0.15, 0.2) is 0 Å². The SMILES string of the molecule is CCNC(Cc1ccc(OC)c(Br)c1)C1CC2CCC1O2. The van der Waals surface area contributed by atoms with Gasteiger partial charge in [-0.25, -0.2) is 0 Å². The zero-order valence-corrected chi connectivity index (χ0v) is 14.4. The Balaban J connectivity index is 1.71. The van der Waals surface area contributed by atoms with E-state index in [1.807, 2.05) is 6.07 Å². The molecular weight excluding hydrogens is 330 g/mol. The third-order valence-corrected chi connectivity index (χ3v) is 5.43. The maximum atomic E-state index is 6.04. The molecule has 0 spiro atoms. The van der Waals surface area contributed by atoms with Crippen LogP contribution in [0.4, 0.5) is 0 Å². The molecule has 2 heterocycles. The summed E-state index contributed by atoms with van der Waals surface area (Å²) in [6.07, 6.45) is 5.76. The third-order valence-electron chi connectivity index (χ3n) is 4.81. The van der Waals surface area contributed by atoms with Gasteiger partial charge in [0.05, 0.1) is 23.8 Å². The molecule has 2 aliphatic heterocycles. The molecule has 0 amide bonds. The molecule has 1 aromatic rings. The van der Waals surface area contributed by atoms with E-state index in [2.05, 4.69) is 40.3 Å². The van der Waals surface area contributed by atoms with Crippen molar-refractivity contribution in [2.75, 3.05) is 13.7 Å². The van der Waals surface area contributed by atoms with Crippen LogP contribution in [0.15, 0.2) is 22.7 Å². The normalized spacial score (nSPS) is 28.8. The smallest absolute Gasteiger partial charge is 0.133 e. The zero-order valence-electron chi connectivity index (χ0n) is 12.8. The fourth-order valence-corrected chi connectivity index (χ4v) is 4.42. The molecule has 3 nitrogen and oxygen atoms in total. The molecule has 0 radical (unpaired) electrons. The maximum absolute atomic E-state index is 6.04. The lowest BCUT2D eigenvalue weighted by Crippen LogP contribution is -2.42. The molecule has 3 rings (SSSR count). The van der Waals surface area contributed by atoms with E-state index in [4.69, 9.17) is 9.47 Å². The Kier molecular flexibility index (Phi) is 4.87. The topological polar surface area (TPSA) is 30.5 Å². The first kappa shape index (κ1) is 15.3. The number of rotatable bonds is 6. The fraction of sp³-hybridized carbons (Fsp3) is 0.647. The molecule has 0 aliphatic carbocycles. The second-order valence-electron chi connectivity index (χ2n) is 6.11. The molecule has 2 saturated heterocycles. The van der Waals surface area contributed by atoms with Crippen molar-refractivity contribution in [3.05, 3.63) is 28.2 Å². The van der Waals surface area contributed by atoms with E-state index in [0.29, 0.717) is 24.2 Å². The van der Waals surface area contributed by atoms with Crippen LogP contribution in [0.3, 0.4) is 0 Å². The van der Waals surface area contributed by atoms with Crippen molar-refractivity contribution in [3.8, 4) is 5.75 Å². The second-order valence-corrected chi connectivity index (χ2v) is 6.96. The Bertz CT molecular complexity index is 494. The minimum Gasteiger partial charge on any atom is -0.496 e. The van der Waals surface area contributed by atoms with Crippen molar-refractivity contribution in [1.29, 1.82) is 0 Å². The van der Waals surface area contributed by atoms with Crippen LogP contribution in [-0.4, -0.2) is 31.9 Å². The number of hydrogen-bond acceptors (Lipinski definition) is 3. The van der Waals surface area contributed by atoms with Gasteiger partial charge in [-0.05, 0) is 65.9 Å². The highest BCUT2D eigenvalue weighted by Crippen LogP contribution is 2.41. The Morgan fingerprint density at radius 3 is 2.86 bits per heavy atom. The van der Waals surface area contributed by atoms with Gasteiger partial charge in [0, 0.05) is 12.0 Å². The minimum atomic E-state index is 0.473. The third kappa shape index (κ3) is 3.27. The average Bonchev–Trinajstić information content (AvgIpc) is 3.10. The summed E-state index contributed by atoms with van der Waals surface area (Å²) in [7, 11) is 1.70. The molecule has 4 atom stereocenters. The first-order valence-electron chi connectivity index (χ1n) is 7.92. The number of fused-ring (bicyclic) bond motifs is 2. The van der Waals surface area contributed by atoms with E-state index >= 15 is 0 Å². The summed E-state index contributed by atoms with van der Waals surface area (Å²) in [6.45, 7) is 3.20. The summed E-state index contributed by atoms with van der Waals surface area (Å²) in [6, 6.07) is 6.89. The van der Waals surface area contributed by atoms with Gasteiger partial charge in [-0.3, -0.25) is 0 Å². The largest absolute Gasteiger partial charge is 0.496 e. The first-order chi connectivity index (χ1) is 10.2. The summed E-state index contributed by atoms with van der Waals surface area (Å²) in [5, 5.41) is 3.68. The van der Waals surface area contributed by atoms with Crippen LogP contribution in [0.5, 0.6) is 5.75 Å². The van der Waals surface area contributed by atoms with Crippen LogP contribution in [0, 0.1) is 5.92 Å². The van der Waals surface area contributed by atoms with E-state index in [9.17, 15) is 0 Å². The lowest BCUT2D eigenvalue weighted by Gasteiger charge is -2.29. The quantitative estimate of drug-likeness (QED) is 0.848. The molecular formula is C17H24BrNO2. The van der Waals surface area contributed by atoms with E-state index in [1.165, 1.54) is 24.8 Å². The van der Waals surface area contributed by atoms with Crippen molar-refractivity contribution in [3.63, 3.8) is 0 Å². The highest BCUT2D eigenvalue weighted by Gasteiger charge is 2.43. The highest BCUT2D eigenvalue weighted by molar-refractivity contribution is 9.10. The Morgan fingerprint density at radius 2 is 2.29 bits per heavy atom. The van der Waals surface area contributed by atoms with Crippen LogP contribution in [0.25, 0.3) is 0 Å². The number of hydrogen-bond donors (Lipinski definition) is 1. The van der Waals surface area contributed by atoms with E-state index in [0.717, 1.165) is 23.2 Å². The van der Waals surface area contributed by atoms with Gasteiger partial charge in [-0.15, -0.1) is 0 Å². The molecule has 116 valence electrons. The number of likely N-dealkylation sites (N-methyl/N-ethyl adjacent to an activating group) is 1. The predicted octanol–water partition coefficient (Wildman–Crippen LogP) is 3.55. The summed E-state index contributed by atoms with van der Waals surface area (Å²) < 4.78 is 12.4. The highest BCUT2D eigenvalue weighted by atomic mass is 79.9. The van der Waals surface area contributed by atoms with Crippen molar-refractivity contribution in [2.45, 2.75) is 50.9 Å². The Morgan fingerprint density at radius 1 is 1.43 bits per heavy atom. The van der Waals surface area contributed by atoms with Crippen LogP contribution in [0.2, 0.25) is 0 Å². The number of benzene rings is 1. The minimum absolute atomic E-state index is 0.473. The van der Waals surface area contributed by atoms with Crippen LogP contribution in [0.1, 0.15) is 31.7 Å². The van der Waals surface area contributed by atoms with Crippen LogP contribution in [-0.2, 0) is 11.2 Å².